The first-order chi connectivity index (χ1) is 6.59. The van der Waals surface area contributed by atoms with Crippen LogP contribution in [0.4, 0.5) is 5.69 Å². The first-order valence-electron chi connectivity index (χ1n) is 3.80. The number of halogens is 1. The Morgan fingerprint density at radius 1 is 1.50 bits per heavy atom. The summed E-state index contributed by atoms with van der Waals surface area (Å²) in [6, 6.07) is 4.51. The number of anilines is 1. The summed E-state index contributed by atoms with van der Waals surface area (Å²) in [6.45, 7) is 0. The molecule has 0 fully saturated rings. The molecule has 0 aliphatic heterocycles. The molecule has 2 rings (SSSR count). The average molecular weight is 212 g/mol. The van der Waals surface area contributed by atoms with E-state index in [0.29, 0.717) is 21.7 Å². The minimum absolute atomic E-state index is 0.146. The molecule has 0 aliphatic carbocycles. The maximum Gasteiger partial charge on any atom is 0.371 e. The van der Waals surface area contributed by atoms with E-state index in [1.165, 1.54) is 6.07 Å². The zero-order valence-corrected chi connectivity index (χ0v) is 7.71. The van der Waals surface area contributed by atoms with Crippen molar-refractivity contribution in [1.29, 1.82) is 0 Å². The molecule has 0 bridgehead atoms. The summed E-state index contributed by atoms with van der Waals surface area (Å²) in [5.74, 6) is -1.27. The van der Waals surface area contributed by atoms with E-state index in [1.807, 2.05) is 0 Å². The molecule has 0 atom stereocenters. The van der Waals surface area contributed by atoms with Gasteiger partial charge in [0, 0.05) is 11.5 Å². The quantitative estimate of drug-likeness (QED) is 0.710. The van der Waals surface area contributed by atoms with Gasteiger partial charge in [0.1, 0.15) is 5.58 Å². The van der Waals surface area contributed by atoms with E-state index in [0.717, 1.165) is 0 Å². The van der Waals surface area contributed by atoms with Gasteiger partial charge < -0.3 is 15.3 Å². The fourth-order valence-electron chi connectivity index (χ4n) is 1.20. The minimum atomic E-state index is -1.13. The monoisotopic (exact) mass is 211 g/mol. The van der Waals surface area contributed by atoms with Crippen molar-refractivity contribution < 1.29 is 14.3 Å². The number of carboxylic acids is 1. The lowest BCUT2D eigenvalue weighted by Crippen LogP contribution is -1.91. The van der Waals surface area contributed by atoms with Crippen LogP contribution < -0.4 is 5.73 Å². The molecular weight excluding hydrogens is 206 g/mol. The Kier molecular flexibility index (Phi) is 1.86. The van der Waals surface area contributed by atoms with Gasteiger partial charge in [-0.3, -0.25) is 0 Å². The number of carbonyl (C=O) groups is 1. The molecule has 0 saturated heterocycles. The predicted molar refractivity (Wildman–Crippen MR) is 52.6 cm³/mol. The number of aromatic carboxylic acids is 1. The van der Waals surface area contributed by atoms with Crippen LogP contribution in [0.15, 0.2) is 22.6 Å². The molecule has 14 heavy (non-hydrogen) atoms. The van der Waals surface area contributed by atoms with Crippen molar-refractivity contribution >= 4 is 34.2 Å². The van der Waals surface area contributed by atoms with Gasteiger partial charge in [-0.2, -0.15) is 0 Å². The highest BCUT2D eigenvalue weighted by atomic mass is 35.5. The topological polar surface area (TPSA) is 76.5 Å². The van der Waals surface area contributed by atoms with Crippen molar-refractivity contribution in [2.75, 3.05) is 5.73 Å². The van der Waals surface area contributed by atoms with Gasteiger partial charge >= 0.3 is 5.97 Å². The fraction of sp³-hybridized carbons (Fsp3) is 0. The maximum atomic E-state index is 10.6. The summed E-state index contributed by atoms with van der Waals surface area (Å²) < 4.78 is 5.03. The molecule has 3 N–H and O–H groups in total. The Bertz CT molecular complexity index is 518. The zero-order valence-electron chi connectivity index (χ0n) is 6.95. The number of fused-ring (bicyclic) bond motifs is 1. The van der Waals surface area contributed by atoms with E-state index < -0.39 is 5.97 Å². The smallest absolute Gasteiger partial charge is 0.371 e. The molecule has 1 aromatic heterocycles. The van der Waals surface area contributed by atoms with Crippen LogP contribution in [-0.4, -0.2) is 11.1 Å². The van der Waals surface area contributed by atoms with Crippen molar-refractivity contribution in [1.82, 2.24) is 0 Å². The molecule has 0 saturated carbocycles. The molecular formula is C9H6ClNO3. The van der Waals surface area contributed by atoms with Crippen LogP contribution in [0.5, 0.6) is 0 Å². The van der Waals surface area contributed by atoms with Gasteiger partial charge in [-0.1, -0.05) is 11.6 Å². The van der Waals surface area contributed by atoms with Gasteiger partial charge in [0.2, 0.25) is 5.76 Å². The Labute approximate surface area is 83.9 Å². The standard InChI is InChI=1S/C9H6ClNO3/c10-8-4-3-7(9(12)13)14-6(4)2-1-5(8)11/h1-3H,11H2,(H,12,13). The third-order valence-electron chi connectivity index (χ3n) is 1.88. The number of benzene rings is 1. The SMILES string of the molecule is Nc1ccc2oc(C(=O)O)cc2c1Cl. The molecule has 0 spiro atoms. The molecule has 0 unspecified atom stereocenters. The normalized spacial score (nSPS) is 10.6. The van der Waals surface area contributed by atoms with Crippen molar-refractivity contribution in [3.8, 4) is 0 Å². The predicted octanol–water partition coefficient (Wildman–Crippen LogP) is 2.37. The van der Waals surface area contributed by atoms with E-state index in [2.05, 4.69) is 0 Å². The summed E-state index contributed by atoms with van der Waals surface area (Å²) in [7, 11) is 0. The van der Waals surface area contributed by atoms with E-state index >= 15 is 0 Å². The fourth-order valence-corrected chi connectivity index (χ4v) is 1.41. The Morgan fingerprint density at radius 3 is 2.86 bits per heavy atom. The average Bonchev–Trinajstić information content (AvgIpc) is 2.56. The molecule has 5 heteroatoms. The molecule has 0 aliphatic rings. The summed E-state index contributed by atoms with van der Waals surface area (Å²) in [6.07, 6.45) is 0. The molecule has 1 heterocycles. The molecule has 0 amide bonds. The number of nitrogen functional groups attached to an aromatic ring is 1. The number of hydrogen-bond donors (Lipinski definition) is 2. The van der Waals surface area contributed by atoms with Gasteiger partial charge in [0.05, 0.1) is 10.7 Å². The zero-order chi connectivity index (χ0) is 10.3. The van der Waals surface area contributed by atoms with Crippen molar-refractivity contribution in [2.45, 2.75) is 0 Å². The highest BCUT2D eigenvalue weighted by Gasteiger charge is 2.13. The Balaban J connectivity index is 2.77. The summed E-state index contributed by atoms with van der Waals surface area (Å²) in [4.78, 5) is 10.6. The highest BCUT2D eigenvalue weighted by Crippen LogP contribution is 2.31. The second kappa shape index (κ2) is 2.92. The van der Waals surface area contributed by atoms with Crippen LogP contribution in [0.1, 0.15) is 10.6 Å². The number of carboxylic acid groups (broad SMARTS) is 1. The number of hydrogen-bond acceptors (Lipinski definition) is 3. The lowest BCUT2D eigenvalue weighted by molar-refractivity contribution is 0.0665. The largest absolute Gasteiger partial charge is 0.475 e. The summed E-state index contributed by atoms with van der Waals surface area (Å²) in [5.41, 5.74) is 6.37. The lowest BCUT2D eigenvalue weighted by atomic mass is 10.2. The lowest BCUT2D eigenvalue weighted by Gasteiger charge is -1.96. The molecule has 0 radical (unpaired) electrons. The van der Waals surface area contributed by atoms with Crippen molar-refractivity contribution in [2.24, 2.45) is 0 Å². The van der Waals surface area contributed by atoms with Gasteiger partial charge in [-0.15, -0.1) is 0 Å². The summed E-state index contributed by atoms with van der Waals surface area (Å²) >= 11 is 5.87. The van der Waals surface area contributed by atoms with Crippen LogP contribution in [0.25, 0.3) is 11.0 Å². The molecule has 2 aromatic rings. The van der Waals surface area contributed by atoms with Crippen LogP contribution in [0.3, 0.4) is 0 Å². The Hall–Kier alpha value is -1.68. The Morgan fingerprint density at radius 2 is 2.21 bits per heavy atom. The third-order valence-corrected chi connectivity index (χ3v) is 2.30. The third kappa shape index (κ3) is 1.20. The number of furan rings is 1. The first-order valence-corrected chi connectivity index (χ1v) is 4.18. The van der Waals surface area contributed by atoms with Crippen molar-refractivity contribution in [3.63, 3.8) is 0 Å². The van der Waals surface area contributed by atoms with E-state index in [1.54, 1.807) is 12.1 Å². The number of rotatable bonds is 1. The van der Waals surface area contributed by atoms with Crippen LogP contribution >= 0.6 is 11.6 Å². The van der Waals surface area contributed by atoms with Gasteiger partial charge in [0.15, 0.2) is 0 Å². The molecule has 4 nitrogen and oxygen atoms in total. The maximum absolute atomic E-state index is 10.6. The van der Waals surface area contributed by atoms with E-state index in [4.69, 9.17) is 26.9 Å². The van der Waals surface area contributed by atoms with Crippen molar-refractivity contribution in [3.05, 3.63) is 29.0 Å². The summed E-state index contributed by atoms with van der Waals surface area (Å²) in [5, 5.41) is 9.51. The van der Waals surface area contributed by atoms with Crippen LogP contribution in [0, 0.1) is 0 Å². The first kappa shape index (κ1) is 8.90. The number of nitrogens with two attached hydrogens (primary N) is 1. The van der Waals surface area contributed by atoms with Gasteiger partial charge in [-0.05, 0) is 12.1 Å². The highest BCUT2D eigenvalue weighted by molar-refractivity contribution is 6.38. The molecule has 1 aromatic carbocycles. The van der Waals surface area contributed by atoms with Crippen LogP contribution in [-0.2, 0) is 0 Å². The van der Waals surface area contributed by atoms with Gasteiger partial charge in [-0.25, -0.2) is 4.79 Å². The second-order valence-electron chi connectivity index (χ2n) is 2.80. The van der Waals surface area contributed by atoms with E-state index in [-0.39, 0.29) is 5.76 Å². The minimum Gasteiger partial charge on any atom is -0.475 e. The van der Waals surface area contributed by atoms with Crippen LogP contribution in [0.2, 0.25) is 5.02 Å². The molecule has 72 valence electrons. The second-order valence-corrected chi connectivity index (χ2v) is 3.17. The van der Waals surface area contributed by atoms with E-state index in [9.17, 15) is 4.79 Å². The van der Waals surface area contributed by atoms with Gasteiger partial charge in [0.25, 0.3) is 0 Å².